The molecule has 0 amide bonds. The lowest BCUT2D eigenvalue weighted by atomic mass is 9.72. The molecule has 0 fully saturated rings. The number of hydrogen-bond acceptors (Lipinski definition) is 2. The summed E-state index contributed by atoms with van der Waals surface area (Å²) in [6.45, 7) is 5.65. The van der Waals surface area contributed by atoms with Gasteiger partial charge in [-0.2, -0.15) is 13.2 Å². The zero-order valence-electron chi connectivity index (χ0n) is 16.7. The van der Waals surface area contributed by atoms with E-state index in [4.69, 9.17) is 10.5 Å². The Bertz CT molecular complexity index is 798. The van der Waals surface area contributed by atoms with Gasteiger partial charge in [-0.25, -0.2) is 4.39 Å². The number of rotatable bonds is 7. The summed E-state index contributed by atoms with van der Waals surface area (Å²) >= 11 is 0. The molecule has 2 atom stereocenters. The second-order valence-electron chi connectivity index (χ2n) is 7.75. The van der Waals surface area contributed by atoms with Gasteiger partial charge in [-0.1, -0.05) is 36.2 Å². The van der Waals surface area contributed by atoms with E-state index in [1.807, 2.05) is 32.0 Å². The van der Waals surface area contributed by atoms with Gasteiger partial charge in [0.05, 0.1) is 7.11 Å². The van der Waals surface area contributed by atoms with Gasteiger partial charge in [0.1, 0.15) is 17.6 Å². The van der Waals surface area contributed by atoms with Gasteiger partial charge in [0.15, 0.2) is 0 Å². The Morgan fingerprint density at radius 1 is 1.04 bits per heavy atom. The van der Waals surface area contributed by atoms with Crippen LogP contribution >= 0.6 is 0 Å². The molecule has 0 aliphatic rings. The van der Waals surface area contributed by atoms with Crippen LogP contribution in [0.25, 0.3) is 0 Å². The SMILES string of the molecule is COc1ccc(F)cc1C(C)(CCc1cc(C)cc(C)c1)CC(N)C(F)(F)F. The summed E-state index contributed by atoms with van der Waals surface area (Å²) in [4.78, 5) is 0. The third-order valence-electron chi connectivity index (χ3n) is 5.15. The average molecular weight is 397 g/mol. The maximum Gasteiger partial charge on any atom is 0.403 e. The van der Waals surface area contributed by atoms with E-state index in [1.165, 1.54) is 25.3 Å². The summed E-state index contributed by atoms with van der Waals surface area (Å²) < 4.78 is 58.8. The van der Waals surface area contributed by atoms with Gasteiger partial charge < -0.3 is 10.5 Å². The quantitative estimate of drug-likeness (QED) is 0.616. The molecule has 6 heteroatoms. The van der Waals surface area contributed by atoms with Crippen LogP contribution in [0.4, 0.5) is 17.6 Å². The smallest absolute Gasteiger partial charge is 0.403 e. The standard InChI is InChI=1S/C22H27F4NO/c1-14-9-15(2)11-16(10-14)7-8-21(3,13-20(27)22(24,25)26)18-12-17(23)5-6-19(18)28-4/h5-6,9-12,20H,7-8,13,27H2,1-4H3. The molecule has 2 unspecified atom stereocenters. The number of hydrogen-bond donors (Lipinski definition) is 1. The average Bonchev–Trinajstić information content (AvgIpc) is 2.58. The molecule has 0 radical (unpaired) electrons. The van der Waals surface area contributed by atoms with Gasteiger partial charge >= 0.3 is 6.18 Å². The molecule has 0 aliphatic heterocycles. The van der Waals surface area contributed by atoms with Crippen LogP contribution in [0.1, 0.15) is 42.0 Å². The number of nitrogens with two attached hydrogens (primary N) is 1. The van der Waals surface area contributed by atoms with Crippen LogP contribution in [0, 0.1) is 19.7 Å². The van der Waals surface area contributed by atoms with E-state index in [0.717, 1.165) is 16.7 Å². The summed E-state index contributed by atoms with van der Waals surface area (Å²) in [7, 11) is 1.42. The Labute approximate surface area is 163 Å². The minimum Gasteiger partial charge on any atom is -0.496 e. The van der Waals surface area contributed by atoms with Crippen molar-refractivity contribution in [1.82, 2.24) is 0 Å². The van der Waals surface area contributed by atoms with E-state index in [2.05, 4.69) is 0 Å². The third kappa shape index (κ3) is 5.47. The van der Waals surface area contributed by atoms with Crippen LogP contribution in [-0.2, 0) is 11.8 Å². The molecule has 0 heterocycles. The molecule has 0 saturated heterocycles. The maximum atomic E-state index is 13.9. The van der Waals surface area contributed by atoms with Crippen molar-refractivity contribution in [3.8, 4) is 5.75 Å². The normalized spacial score (nSPS) is 15.2. The molecule has 0 saturated carbocycles. The number of halogens is 4. The van der Waals surface area contributed by atoms with Crippen LogP contribution in [0.5, 0.6) is 5.75 Å². The Morgan fingerprint density at radius 2 is 1.64 bits per heavy atom. The van der Waals surface area contributed by atoms with E-state index in [9.17, 15) is 17.6 Å². The highest BCUT2D eigenvalue weighted by molar-refractivity contribution is 5.40. The molecule has 2 rings (SSSR count). The summed E-state index contributed by atoms with van der Waals surface area (Å²) in [6, 6.07) is 7.99. The zero-order valence-corrected chi connectivity index (χ0v) is 16.7. The Kier molecular flexibility index (Phi) is 6.75. The highest BCUT2D eigenvalue weighted by atomic mass is 19.4. The van der Waals surface area contributed by atoms with Gasteiger partial charge in [-0.3, -0.25) is 0 Å². The van der Waals surface area contributed by atoms with Crippen LogP contribution in [0.3, 0.4) is 0 Å². The monoisotopic (exact) mass is 397 g/mol. The number of alkyl halides is 3. The van der Waals surface area contributed by atoms with E-state index in [1.54, 1.807) is 6.92 Å². The first-order chi connectivity index (χ1) is 12.9. The molecule has 2 nitrogen and oxygen atoms in total. The maximum absolute atomic E-state index is 13.9. The molecule has 0 aliphatic carbocycles. The molecule has 28 heavy (non-hydrogen) atoms. The predicted octanol–water partition coefficient (Wildman–Crippen LogP) is 5.62. The topological polar surface area (TPSA) is 35.2 Å². The van der Waals surface area contributed by atoms with E-state index in [-0.39, 0.29) is 6.42 Å². The largest absolute Gasteiger partial charge is 0.496 e. The van der Waals surface area contributed by atoms with Crippen molar-refractivity contribution >= 4 is 0 Å². The predicted molar refractivity (Wildman–Crippen MR) is 103 cm³/mol. The summed E-state index contributed by atoms with van der Waals surface area (Å²) in [5.41, 5.74) is 8.06. The van der Waals surface area contributed by atoms with Gasteiger partial charge in [0.2, 0.25) is 0 Å². The first-order valence-electron chi connectivity index (χ1n) is 9.18. The second kappa shape index (κ2) is 8.52. The highest BCUT2D eigenvalue weighted by Gasteiger charge is 2.43. The number of aryl methyl sites for hydroxylation is 3. The van der Waals surface area contributed by atoms with Crippen molar-refractivity contribution < 1.29 is 22.3 Å². The summed E-state index contributed by atoms with van der Waals surface area (Å²) in [5.74, 6) is -0.160. The van der Waals surface area contributed by atoms with Gasteiger partial charge in [-0.05, 0) is 62.3 Å². The second-order valence-corrected chi connectivity index (χ2v) is 7.75. The van der Waals surface area contributed by atoms with Crippen LogP contribution < -0.4 is 10.5 Å². The lowest BCUT2D eigenvalue weighted by Crippen LogP contribution is -2.43. The van der Waals surface area contributed by atoms with Crippen molar-refractivity contribution in [2.75, 3.05) is 7.11 Å². The Hall–Kier alpha value is -2.08. The van der Waals surface area contributed by atoms with Gasteiger partial charge in [0.25, 0.3) is 0 Å². The highest BCUT2D eigenvalue weighted by Crippen LogP contribution is 2.41. The number of methoxy groups -OCH3 is 1. The van der Waals surface area contributed by atoms with E-state index >= 15 is 0 Å². The van der Waals surface area contributed by atoms with Crippen molar-refractivity contribution in [1.29, 1.82) is 0 Å². The minimum absolute atomic E-state index is 0.360. The van der Waals surface area contributed by atoms with Crippen molar-refractivity contribution in [2.45, 2.75) is 57.7 Å². The number of benzene rings is 2. The summed E-state index contributed by atoms with van der Waals surface area (Å²) in [6.07, 6.45) is -3.97. The molecule has 2 aromatic rings. The van der Waals surface area contributed by atoms with Crippen molar-refractivity contribution in [3.63, 3.8) is 0 Å². The Balaban J connectivity index is 2.42. The van der Waals surface area contributed by atoms with Crippen LogP contribution in [-0.4, -0.2) is 19.3 Å². The third-order valence-corrected chi connectivity index (χ3v) is 5.15. The number of ether oxygens (including phenoxy) is 1. The van der Waals surface area contributed by atoms with Crippen LogP contribution in [0.2, 0.25) is 0 Å². The molecule has 0 bridgehead atoms. The fourth-order valence-corrected chi connectivity index (χ4v) is 3.73. The first kappa shape index (κ1) is 22.2. The molecule has 2 N–H and O–H groups in total. The lowest BCUT2D eigenvalue weighted by molar-refractivity contribution is -0.152. The fourth-order valence-electron chi connectivity index (χ4n) is 3.73. The molecule has 2 aromatic carbocycles. The Morgan fingerprint density at radius 3 is 2.18 bits per heavy atom. The van der Waals surface area contributed by atoms with Crippen LogP contribution in [0.15, 0.2) is 36.4 Å². The first-order valence-corrected chi connectivity index (χ1v) is 9.18. The molecule has 154 valence electrons. The van der Waals surface area contributed by atoms with Gasteiger partial charge in [0, 0.05) is 5.56 Å². The van der Waals surface area contributed by atoms with E-state index in [0.29, 0.717) is 24.2 Å². The van der Waals surface area contributed by atoms with Gasteiger partial charge in [-0.15, -0.1) is 0 Å². The molecular formula is C22H27F4NO. The minimum atomic E-state index is -4.53. The molecule has 0 aromatic heterocycles. The zero-order chi connectivity index (χ0) is 21.1. The lowest BCUT2D eigenvalue weighted by Gasteiger charge is -2.34. The summed E-state index contributed by atoms with van der Waals surface area (Å²) in [5, 5.41) is 0. The van der Waals surface area contributed by atoms with Crippen molar-refractivity contribution in [3.05, 3.63) is 64.5 Å². The molecular weight excluding hydrogens is 370 g/mol. The fraction of sp³-hybridized carbons (Fsp3) is 0.455. The van der Waals surface area contributed by atoms with E-state index < -0.39 is 23.5 Å². The molecule has 0 spiro atoms. The van der Waals surface area contributed by atoms with Crippen molar-refractivity contribution in [2.24, 2.45) is 5.73 Å².